The fourth-order valence-electron chi connectivity index (χ4n) is 1.03. The third kappa shape index (κ3) is 0.992. The van der Waals surface area contributed by atoms with Crippen molar-refractivity contribution in [2.75, 3.05) is 0 Å². The SMILES string of the molecule is O=C(NO)c1cc2sccc2[nH]1. The van der Waals surface area contributed by atoms with Crippen LogP contribution in [0.2, 0.25) is 0 Å². The molecule has 0 radical (unpaired) electrons. The highest BCUT2D eigenvalue weighted by molar-refractivity contribution is 7.17. The normalized spacial score (nSPS) is 10.4. The number of carbonyl (C=O) groups excluding carboxylic acids is 1. The molecular weight excluding hydrogens is 176 g/mol. The summed E-state index contributed by atoms with van der Waals surface area (Å²) in [7, 11) is 0. The van der Waals surface area contributed by atoms with Crippen molar-refractivity contribution in [1.29, 1.82) is 0 Å². The first kappa shape index (κ1) is 7.33. The lowest BCUT2D eigenvalue weighted by atomic mass is 10.4. The number of hydroxylamine groups is 1. The van der Waals surface area contributed by atoms with Gasteiger partial charge in [-0.3, -0.25) is 10.0 Å². The third-order valence-corrected chi connectivity index (χ3v) is 2.45. The highest BCUT2D eigenvalue weighted by Gasteiger charge is 2.07. The lowest BCUT2D eigenvalue weighted by molar-refractivity contribution is 0.0701. The van der Waals surface area contributed by atoms with E-state index in [1.54, 1.807) is 22.9 Å². The van der Waals surface area contributed by atoms with Gasteiger partial charge >= 0.3 is 0 Å². The molecule has 0 aromatic carbocycles. The van der Waals surface area contributed by atoms with Crippen molar-refractivity contribution in [3.8, 4) is 0 Å². The van der Waals surface area contributed by atoms with Crippen LogP contribution in [0.3, 0.4) is 0 Å². The van der Waals surface area contributed by atoms with Crippen LogP contribution in [0.15, 0.2) is 17.5 Å². The van der Waals surface area contributed by atoms with E-state index in [0.717, 1.165) is 10.2 Å². The summed E-state index contributed by atoms with van der Waals surface area (Å²) in [5.41, 5.74) is 2.86. The molecule has 1 amide bonds. The van der Waals surface area contributed by atoms with Gasteiger partial charge in [0.25, 0.3) is 5.91 Å². The zero-order chi connectivity index (χ0) is 8.55. The second-order valence-electron chi connectivity index (χ2n) is 2.32. The van der Waals surface area contributed by atoms with Crippen molar-refractivity contribution in [3.05, 3.63) is 23.2 Å². The second-order valence-corrected chi connectivity index (χ2v) is 3.27. The van der Waals surface area contributed by atoms with Gasteiger partial charge in [0, 0.05) is 0 Å². The Morgan fingerprint density at radius 2 is 2.50 bits per heavy atom. The van der Waals surface area contributed by atoms with Gasteiger partial charge in [-0.2, -0.15) is 0 Å². The number of aromatic amines is 1. The molecule has 4 nitrogen and oxygen atoms in total. The van der Waals surface area contributed by atoms with Gasteiger partial charge in [0.05, 0.1) is 10.2 Å². The summed E-state index contributed by atoms with van der Waals surface area (Å²) in [6.45, 7) is 0. The number of hydrogen-bond acceptors (Lipinski definition) is 3. The minimum atomic E-state index is -0.515. The van der Waals surface area contributed by atoms with E-state index in [9.17, 15) is 4.79 Å². The highest BCUT2D eigenvalue weighted by atomic mass is 32.1. The largest absolute Gasteiger partial charge is 0.350 e. The van der Waals surface area contributed by atoms with Crippen molar-refractivity contribution < 1.29 is 10.0 Å². The van der Waals surface area contributed by atoms with Crippen LogP contribution < -0.4 is 5.48 Å². The maximum atomic E-state index is 10.9. The Labute approximate surface area is 71.8 Å². The number of thiophene rings is 1. The van der Waals surface area contributed by atoms with Gasteiger partial charge in [-0.1, -0.05) is 0 Å². The molecule has 12 heavy (non-hydrogen) atoms. The third-order valence-electron chi connectivity index (χ3n) is 1.59. The Kier molecular flexibility index (Phi) is 1.60. The molecule has 0 aliphatic rings. The van der Waals surface area contributed by atoms with Crippen LogP contribution in [0.25, 0.3) is 10.2 Å². The molecule has 0 atom stereocenters. The van der Waals surface area contributed by atoms with Gasteiger partial charge in [-0.15, -0.1) is 11.3 Å². The standard InChI is InChI=1S/C7H6N2O2S/c10-7(9-11)5-3-6-4(8-5)1-2-12-6/h1-3,8,11H,(H,9,10). The van der Waals surface area contributed by atoms with Crippen LogP contribution >= 0.6 is 11.3 Å². The number of H-pyrrole nitrogens is 1. The van der Waals surface area contributed by atoms with Gasteiger partial charge in [-0.05, 0) is 17.5 Å². The van der Waals surface area contributed by atoms with Crippen LogP contribution in [-0.4, -0.2) is 16.1 Å². The molecule has 0 bridgehead atoms. The summed E-state index contributed by atoms with van der Waals surface area (Å²) in [4.78, 5) is 13.8. The predicted molar refractivity (Wildman–Crippen MR) is 45.4 cm³/mol. The molecule has 2 heterocycles. The Hall–Kier alpha value is -1.33. The van der Waals surface area contributed by atoms with Crippen molar-refractivity contribution in [3.63, 3.8) is 0 Å². The number of carbonyl (C=O) groups is 1. The van der Waals surface area contributed by atoms with Gasteiger partial charge in [0.2, 0.25) is 0 Å². The Balaban J connectivity index is 2.51. The van der Waals surface area contributed by atoms with Crippen molar-refractivity contribution in [1.82, 2.24) is 10.5 Å². The summed E-state index contributed by atoms with van der Waals surface area (Å²) in [6.07, 6.45) is 0. The summed E-state index contributed by atoms with van der Waals surface area (Å²) in [5.74, 6) is -0.515. The summed E-state index contributed by atoms with van der Waals surface area (Å²) >= 11 is 1.54. The zero-order valence-corrected chi connectivity index (χ0v) is 6.81. The molecule has 2 rings (SSSR count). The Morgan fingerprint density at radius 3 is 3.17 bits per heavy atom. The van der Waals surface area contributed by atoms with Crippen molar-refractivity contribution in [2.45, 2.75) is 0 Å². The van der Waals surface area contributed by atoms with E-state index in [1.807, 2.05) is 11.4 Å². The van der Waals surface area contributed by atoms with E-state index in [-0.39, 0.29) is 0 Å². The predicted octanol–water partition coefficient (Wildman–Crippen LogP) is 1.35. The van der Waals surface area contributed by atoms with Crippen molar-refractivity contribution in [2.24, 2.45) is 0 Å². The molecular formula is C7H6N2O2S. The summed E-state index contributed by atoms with van der Waals surface area (Å²) < 4.78 is 1.01. The fourth-order valence-corrected chi connectivity index (χ4v) is 1.81. The van der Waals surface area contributed by atoms with E-state index < -0.39 is 5.91 Å². The van der Waals surface area contributed by atoms with E-state index in [2.05, 4.69) is 4.98 Å². The zero-order valence-electron chi connectivity index (χ0n) is 6.00. The Bertz CT molecular complexity index is 389. The van der Waals surface area contributed by atoms with Crippen LogP contribution in [0.5, 0.6) is 0 Å². The van der Waals surface area contributed by atoms with Crippen LogP contribution in [0.1, 0.15) is 10.5 Å². The molecule has 0 saturated heterocycles. The van der Waals surface area contributed by atoms with E-state index >= 15 is 0 Å². The van der Waals surface area contributed by atoms with Gasteiger partial charge in [0.15, 0.2) is 0 Å². The molecule has 2 aromatic heterocycles. The molecule has 0 fully saturated rings. The maximum Gasteiger partial charge on any atom is 0.291 e. The summed E-state index contributed by atoms with van der Waals surface area (Å²) in [5, 5.41) is 10.3. The van der Waals surface area contributed by atoms with Gasteiger partial charge in [-0.25, -0.2) is 5.48 Å². The number of rotatable bonds is 1. The molecule has 0 aliphatic carbocycles. The smallest absolute Gasteiger partial charge is 0.291 e. The first-order valence-corrected chi connectivity index (χ1v) is 4.20. The number of amides is 1. The average molecular weight is 182 g/mol. The monoisotopic (exact) mass is 182 g/mol. The minimum absolute atomic E-state index is 0.374. The molecule has 0 aliphatic heterocycles. The number of fused-ring (bicyclic) bond motifs is 1. The van der Waals surface area contributed by atoms with E-state index in [4.69, 9.17) is 5.21 Å². The van der Waals surface area contributed by atoms with Crippen LogP contribution in [-0.2, 0) is 0 Å². The lowest BCUT2D eigenvalue weighted by Crippen LogP contribution is -2.18. The molecule has 3 N–H and O–H groups in total. The lowest BCUT2D eigenvalue weighted by Gasteiger charge is -1.91. The average Bonchev–Trinajstić information content (AvgIpc) is 2.60. The van der Waals surface area contributed by atoms with Gasteiger partial charge in [0.1, 0.15) is 5.69 Å². The molecule has 2 aromatic rings. The first-order chi connectivity index (χ1) is 5.81. The van der Waals surface area contributed by atoms with Crippen molar-refractivity contribution >= 4 is 27.5 Å². The van der Waals surface area contributed by atoms with E-state index in [0.29, 0.717) is 5.69 Å². The number of aromatic nitrogens is 1. The molecule has 0 saturated carbocycles. The van der Waals surface area contributed by atoms with Gasteiger partial charge < -0.3 is 4.98 Å². The van der Waals surface area contributed by atoms with E-state index in [1.165, 1.54) is 0 Å². The highest BCUT2D eigenvalue weighted by Crippen LogP contribution is 2.20. The van der Waals surface area contributed by atoms with Crippen LogP contribution in [0.4, 0.5) is 0 Å². The van der Waals surface area contributed by atoms with Crippen LogP contribution in [0, 0.1) is 0 Å². The summed E-state index contributed by atoms with van der Waals surface area (Å²) in [6, 6.07) is 3.58. The molecule has 0 spiro atoms. The Morgan fingerprint density at radius 1 is 1.67 bits per heavy atom. The maximum absolute atomic E-state index is 10.9. The fraction of sp³-hybridized carbons (Fsp3) is 0. The minimum Gasteiger partial charge on any atom is -0.350 e. The quantitative estimate of drug-likeness (QED) is 0.460. The number of nitrogens with one attached hydrogen (secondary N) is 2. The second kappa shape index (κ2) is 2.62. The first-order valence-electron chi connectivity index (χ1n) is 3.32. The molecule has 62 valence electrons. The molecule has 5 heteroatoms. The molecule has 0 unspecified atom stereocenters. The topological polar surface area (TPSA) is 65.1 Å². The number of hydrogen-bond donors (Lipinski definition) is 3.